The minimum absolute atomic E-state index is 0. The summed E-state index contributed by atoms with van der Waals surface area (Å²) in [5, 5.41) is 0. The zero-order valence-corrected chi connectivity index (χ0v) is 23.8. The fourth-order valence-corrected chi connectivity index (χ4v) is 93.3. The Morgan fingerprint density at radius 2 is 1.61 bits per heavy atom. The van der Waals surface area contributed by atoms with E-state index in [9.17, 15) is 0 Å². The topological polar surface area (TPSA) is 3.01 Å². The van der Waals surface area contributed by atoms with Crippen molar-refractivity contribution in [1.82, 2.24) is 0 Å². The van der Waals surface area contributed by atoms with Crippen LogP contribution in [0.15, 0.2) is 0 Å². The SMILES string of the molecule is [CH2-]C[N+](C)=[C-]P(P(P)PP)P(P(P)P)P(P)P.[V+2]. The van der Waals surface area contributed by atoms with Crippen LogP contribution in [0.3, 0.4) is 0 Å². The summed E-state index contributed by atoms with van der Waals surface area (Å²) in [4.78, 5) is 0. The molecule has 105 valence electrons. The van der Waals surface area contributed by atoms with Crippen molar-refractivity contribution in [2.45, 2.75) is 0 Å². The Balaban J connectivity index is 0. The van der Waals surface area contributed by atoms with Gasteiger partial charge in [0.25, 0.3) is 0 Å². The minimum Gasteiger partial charge on any atom is -0.436 e. The van der Waals surface area contributed by atoms with E-state index in [4.69, 9.17) is 0 Å². The molecule has 0 heterocycles. The van der Waals surface area contributed by atoms with E-state index in [0.717, 1.165) is 14.5 Å². The van der Waals surface area contributed by atoms with Crippen LogP contribution in [0.5, 0.6) is 0 Å². The molecule has 0 bridgehead atoms. The molecule has 0 aromatic carbocycles. The Morgan fingerprint density at radius 1 is 1.17 bits per heavy atom. The summed E-state index contributed by atoms with van der Waals surface area (Å²) in [6, 6.07) is 0. The van der Waals surface area contributed by atoms with Crippen molar-refractivity contribution < 1.29 is 23.1 Å². The standard InChI is InChI=1S/C4H20NP12.V/c1-3-5(2)4-13(16(11)12-6)17(14(7)8)15(9)10;/h12H,1,3,6-11H2,2H3;/q-1;+2. The van der Waals surface area contributed by atoms with Crippen LogP contribution in [-0.4, -0.2) is 24.1 Å². The largest absolute Gasteiger partial charge is 2.00 e. The van der Waals surface area contributed by atoms with Crippen LogP contribution in [0.1, 0.15) is 0 Å². The second-order valence-corrected chi connectivity index (χ2v) is 46.0. The number of nitrogens with zero attached hydrogens (tertiary/aromatic N) is 1. The molecule has 0 N–H and O–H groups in total. The molecule has 9 atom stereocenters. The number of hydrogen-bond acceptors (Lipinski definition) is 0. The van der Waals surface area contributed by atoms with E-state index in [0.29, 0.717) is 0 Å². The van der Waals surface area contributed by atoms with Gasteiger partial charge in [0.2, 0.25) is 0 Å². The summed E-state index contributed by atoms with van der Waals surface area (Å²) in [5.74, 6) is 3.73. The first-order chi connectivity index (χ1) is 7.84. The number of rotatable bonds is 7. The first-order valence-electron chi connectivity index (χ1n) is 4.31. The zero-order valence-electron chi connectivity index (χ0n) is 10.0. The molecule has 0 amide bonds. The van der Waals surface area contributed by atoms with E-state index >= 15 is 0 Å². The molecule has 0 aliphatic heterocycles. The molecule has 0 aliphatic rings. The zero-order chi connectivity index (χ0) is 13.6. The fraction of sp³-hybridized carbons (Fsp3) is 0.500. The van der Waals surface area contributed by atoms with Gasteiger partial charge in [-0.1, -0.05) is 14.9 Å². The van der Waals surface area contributed by atoms with E-state index in [1.807, 2.05) is 0 Å². The fourth-order valence-electron chi connectivity index (χ4n) is 0.747. The molecule has 18 heavy (non-hydrogen) atoms. The van der Waals surface area contributed by atoms with Crippen LogP contribution < -0.4 is 0 Å². The maximum atomic E-state index is 3.94. The molecular formula is C4H20NP12V+. The van der Waals surface area contributed by atoms with Crippen LogP contribution in [0, 0.1) is 6.92 Å². The number of hydrogen-bond donors (Lipinski definition) is 0. The smallest absolute Gasteiger partial charge is 0.436 e. The van der Waals surface area contributed by atoms with Gasteiger partial charge in [0, 0.05) is 0 Å². The average Bonchev–Trinajstić information content (AvgIpc) is 2.25. The van der Waals surface area contributed by atoms with Crippen molar-refractivity contribution in [3.63, 3.8) is 0 Å². The first-order valence-corrected chi connectivity index (χ1v) is 25.6. The van der Waals surface area contributed by atoms with Gasteiger partial charge in [0.05, 0.1) is 7.05 Å². The van der Waals surface area contributed by atoms with Crippen molar-refractivity contribution in [2.24, 2.45) is 0 Å². The van der Waals surface area contributed by atoms with Crippen molar-refractivity contribution >= 4 is 103 Å². The summed E-state index contributed by atoms with van der Waals surface area (Å²) >= 11 is 0. The molecule has 0 saturated heterocycles. The van der Waals surface area contributed by atoms with Crippen molar-refractivity contribution in [3.8, 4) is 0 Å². The second-order valence-electron chi connectivity index (χ2n) is 2.81. The Labute approximate surface area is 145 Å². The van der Waals surface area contributed by atoms with E-state index in [-0.39, 0.29) is 53.8 Å². The Hall–Kier alpha value is 5.41. The molecule has 9 unspecified atom stereocenters. The van der Waals surface area contributed by atoms with Gasteiger partial charge in [-0.05, 0) is 27.5 Å². The van der Waals surface area contributed by atoms with E-state index in [2.05, 4.69) is 78.1 Å². The van der Waals surface area contributed by atoms with Crippen LogP contribution >= 0.6 is 96.8 Å². The molecule has 1 nitrogen and oxygen atoms in total. The van der Waals surface area contributed by atoms with Gasteiger partial charge in [-0.3, -0.25) is 6.92 Å². The predicted molar refractivity (Wildman–Crippen MR) is 123 cm³/mol. The summed E-state index contributed by atoms with van der Waals surface area (Å²) in [7, 11) is 21.1. The van der Waals surface area contributed by atoms with Crippen LogP contribution in [0.4, 0.5) is 0 Å². The van der Waals surface area contributed by atoms with E-state index in [1.165, 1.54) is 0 Å². The molecular weight excluding hydrogens is 485 g/mol. The van der Waals surface area contributed by atoms with Gasteiger partial charge in [-0.2, -0.15) is 5.96 Å². The quantitative estimate of drug-likeness (QED) is 0.156. The Bertz CT molecular complexity index is 238. The van der Waals surface area contributed by atoms with Gasteiger partial charge in [-0.25, -0.2) is 0 Å². The van der Waals surface area contributed by atoms with Crippen molar-refractivity contribution in [3.05, 3.63) is 6.92 Å². The molecule has 1 radical (unpaired) electrons. The van der Waals surface area contributed by atoms with Gasteiger partial charge in [-0.15, -0.1) is 60.9 Å². The van der Waals surface area contributed by atoms with Crippen LogP contribution in [-0.2, 0) is 18.6 Å². The molecule has 0 saturated carbocycles. The molecule has 0 aromatic rings. The molecule has 0 aliphatic carbocycles. The first kappa shape index (κ1) is 25.7. The molecule has 14 heteroatoms. The maximum Gasteiger partial charge on any atom is 2.00 e. The van der Waals surface area contributed by atoms with E-state index < -0.39 is 0 Å². The molecule has 0 rings (SSSR count). The molecule has 0 aromatic heterocycles. The summed E-state index contributed by atoms with van der Waals surface area (Å²) in [6.07, 6.45) is 0. The van der Waals surface area contributed by atoms with Gasteiger partial charge in [0.15, 0.2) is 0 Å². The monoisotopic (exact) mass is 505 g/mol. The summed E-state index contributed by atoms with van der Waals surface area (Å²) in [6.45, 7) is 4.78. The van der Waals surface area contributed by atoms with Gasteiger partial charge < -0.3 is 4.58 Å². The second kappa shape index (κ2) is 14.7. The third-order valence-electron chi connectivity index (χ3n) is 1.51. The van der Waals surface area contributed by atoms with Crippen molar-refractivity contribution in [1.29, 1.82) is 0 Å². The molecule has 0 spiro atoms. The Kier molecular flexibility index (Phi) is 21.0. The van der Waals surface area contributed by atoms with Gasteiger partial charge in [0.1, 0.15) is 0 Å². The third kappa shape index (κ3) is 10.3. The van der Waals surface area contributed by atoms with Crippen LogP contribution in [0.25, 0.3) is 0 Å². The minimum atomic E-state index is -0.115. The average molecular weight is 505 g/mol. The summed E-state index contributed by atoms with van der Waals surface area (Å²) in [5.41, 5.74) is 0. The predicted octanol–water partition coefficient (Wildman–Crippen LogP) is 6.77. The normalized spacial score (nSPS) is 16.7. The van der Waals surface area contributed by atoms with Gasteiger partial charge >= 0.3 is 18.6 Å². The van der Waals surface area contributed by atoms with Crippen LogP contribution in [0.2, 0.25) is 0 Å². The molecule has 0 fully saturated rings. The third-order valence-corrected chi connectivity index (χ3v) is 65.4. The Morgan fingerprint density at radius 3 is 1.89 bits per heavy atom. The maximum absolute atomic E-state index is 3.94. The van der Waals surface area contributed by atoms with Crippen molar-refractivity contribution in [2.75, 3.05) is 13.6 Å². The van der Waals surface area contributed by atoms with E-state index in [1.54, 1.807) is 0 Å². The summed E-state index contributed by atoms with van der Waals surface area (Å²) < 4.78 is 2.15.